The molecule has 0 saturated carbocycles. The first-order valence-electron chi connectivity index (χ1n) is 6.32. The molecule has 0 spiro atoms. The van der Waals surface area contributed by atoms with E-state index in [1.54, 1.807) is 6.07 Å². The van der Waals surface area contributed by atoms with Crippen LogP contribution in [0, 0.1) is 24.4 Å². The second-order valence-corrected chi connectivity index (χ2v) is 5.23. The van der Waals surface area contributed by atoms with E-state index in [1.807, 2.05) is 31.4 Å². The van der Waals surface area contributed by atoms with Gasteiger partial charge in [-0.25, -0.2) is 4.39 Å². The van der Waals surface area contributed by atoms with Crippen molar-refractivity contribution in [1.82, 2.24) is 14.7 Å². The molecule has 4 nitrogen and oxygen atoms in total. The summed E-state index contributed by atoms with van der Waals surface area (Å²) in [5.74, 6) is 0.445. The third-order valence-corrected chi connectivity index (χ3v) is 3.89. The molecular formula is C14H14FN3OS. The Morgan fingerprint density at radius 3 is 2.80 bits per heavy atom. The molecule has 1 N–H and O–H groups in total. The van der Waals surface area contributed by atoms with Gasteiger partial charge in [0.2, 0.25) is 0 Å². The average molecular weight is 291 g/mol. The topological polar surface area (TPSA) is 46.8 Å². The molecule has 1 aromatic carbocycles. The Balaban J connectivity index is 2.28. The number of aromatic amines is 1. The van der Waals surface area contributed by atoms with Crippen LogP contribution in [0.1, 0.15) is 30.0 Å². The van der Waals surface area contributed by atoms with E-state index in [9.17, 15) is 4.39 Å². The highest BCUT2D eigenvalue weighted by molar-refractivity contribution is 7.71. The van der Waals surface area contributed by atoms with Gasteiger partial charge in [-0.15, -0.1) is 0 Å². The average Bonchev–Trinajstić information content (AvgIpc) is 2.90. The second kappa shape index (κ2) is 4.56. The van der Waals surface area contributed by atoms with Crippen LogP contribution in [-0.2, 0) is 0 Å². The number of hydrogen-bond acceptors (Lipinski definition) is 3. The molecule has 0 aliphatic carbocycles. The SMILES string of the molecule is Cc1noc(C)c1C(C)n1c(=S)[nH]c2c(F)cccc21. The Morgan fingerprint density at radius 2 is 2.15 bits per heavy atom. The van der Waals surface area contributed by atoms with E-state index in [-0.39, 0.29) is 11.9 Å². The minimum atomic E-state index is -0.307. The molecule has 1 unspecified atom stereocenters. The van der Waals surface area contributed by atoms with E-state index >= 15 is 0 Å². The van der Waals surface area contributed by atoms with Crippen LogP contribution in [0.2, 0.25) is 0 Å². The molecular weight excluding hydrogens is 277 g/mol. The summed E-state index contributed by atoms with van der Waals surface area (Å²) < 4.78 is 21.4. The maximum atomic E-state index is 13.8. The second-order valence-electron chi connectivity index (χ2n) is 4.85. The first-order valence-corrected chi connectivity index (χ1v) is 6.73. The molecule has 0 radical (unpaired) electrons. The molecule has 6 heteroatoms. The molecule has 3 rings (SSSR count). The van der Waals surface area contributed by atoms with Gasteiger partial charge in [0.25, 0.3) is 0 Å². The number of nitrogens with one attached hydrogen (secondary N) is 1. The molecule has 0 aliphatic heterocycles. The van der Waals surface area contributed by atoms with Crippen molar-refractivity contribution in [3.8, 4) is 0 Å². The van der Waals surface area contributed by atoms with Gasteiger partial charge in [0.1, 0.15) is 17.1 Å². The standard InChI is InChI=1S/C14H14FN3OS/c1-7-12(9(3)19-17-7)8(2)18-11-6-4-5-10(15)13(11)16-14(18)20/h4-6,8H,1-3H3,(H,16,20). The quantitative estimate of drug-likeness (QED) is 0.724. The van der Waals surface area contributed by atoms with E-state index in [1.165, 1.54) is 6.07 Å². The van der Waals surface area contributed by atoms with Crippen LogP contribution in [0.4, 0.5) is 4.39 Å². The number of benzene rings is 1. The van der Waals surface area contributed by atoms with Crippen molar-refractivity contribution in [2.45, 2.75) is 26.8 Å². The molecule has 2 aromatic heterocycles. The van der Waals surface area contributed by atoms with E-state index in [0.717, 1.165) is 22.5 Å². The molecule has 104 valence electrons. The number of aromatic nitrogens is 3. The number of nitrogens with zero attached hydrogens (tertiary/aromatic N) is 2. The smallest absolute Gasteiger partial charge is 0.178 e. The van der Waals surface area contributed by atoms with Crippen molar-refractivity contribution in [1.29, 1.82) is 0 Å². The van der Waals surface area contributed by atoms with Crippen LogP contribution in [0.5, 0.6) is 0 Å². The van der Waals surface area contributed by atoms with Crippen LogP contribution in [0.25, 0.3) is 11.0 Å². The monoisotopic (exact) mass is 291 g/mol. The maximum absolute atomic E-state index is 13.8. The predicted octanol–water partition coefficient (Wildman–Crippen LogP) is 4.05. The molecule has 0 fully saturated rings. The van der Waals surface area contributed by atoms with Crippen LogP contribution in [0.15, 0.2) is 22.7 Å². The normalized spacial score (nSPS) is 13.0. The van der Waals surface area contributed by atoms with Crippen molar-refractivity contribution in [2.24, 2.45) is 0 Å². The molecule has 0 aliphatic rings. The zero-order valence-corrected chi connectivity index (χ0v) is 12.2. The Kier molecular flexibility index (Phi) is 2.97. The molecule has 1 atom stereocenters. The summed E-state index contributed by atoms with van der Waals surface area (Å²) in [6, 6.07) is 4.86. The van der Waals surface area contributed by atoms with Gasteiger partial charge in [-0.2, -0.15) is 0 Å². The lowest BCUT2D eigenvalue weighted by atomic mass is 10.1. The van der Waals surface area contributed by atoms with E-state index < -0.39 is 0 Å². The van der Waals surface area contributed by atoms with Crippen LogP contribution in [0.3, 0.4) is 0 Å². The van der Waals surface area contributed by atoms with E-state index in [2.05, 4.69) is 10.1 Å². The predicted molar refractivity (Wildman–Crippen MR) is 76.9 cm³/mol. The zero-order chi connectivity index (χ0) is 14.4. The summed E-state index contributed by atoms with van der Waals surface area (Å²) >= 11 is 5.34. The lowest BCUT2D eigenvalue weighted by molar-refractivity contribution is 0.391. The lowest BCUT2D eigenvalue weighted by Crippen LogP contribution is -2.08. The molecule has 0 saturated heterocycles. The van der Waals surface area contributed by atoms with E-state index in [0.29, 0.717) is 10.3 Å². The van der Waals surface area contributed by atoms with Crippen LogP contribution >= 0.6 is 12.2 Å². The summed E-state index contributed by atoms with van der Waals surface area (Å²) in [5, 5.41) is 3.97. The van der Waals surface area contributed by atoms with Gasteiger partial charge in [-0.3, -0.25) is 0 Å². The van der Waals surface area contributed by atoms with Gasteiger partial charge in [0.05, 0.1) is 17.3 Å². The fourth-order valence-corrected chi connectivity index (χ4v) is 3.07. The van der Waals surface area contributed by atoms with Crippen molar-refractivity contribution in [2.75, 3.05) is 0 Å². The fraction of sp³-hybridized carbons (Fsp3) is 0.286. The summed E-state index contributed by atoms with van der Waals surface area (Å²) in [6.07, 6.45) is 0. The van der Waals surface area contributed by atoms with Gasteiger partial charge < -0.3 is 14.1 Å². The molecule has 3 aromatic rings. The highest BCUT2D eigenvalue weighted by Gasteiger charge is 2.21. The summed E-state index contributed by atoms with van der Waals surface area (Å²) in [4.78, 5) is 2.93. The molecule has 0 bridgehead atoms. The van der Waals surface area contributed by atoms with Crippen molar-refractivity contribution in [3.63, 3.8) is 0 Å². The number of halogens is 1. The minimum absolute atomic E-state index is 0.0794. The van der Waals surface area contributed by atoms with Crippen LogP contribution < -0.4 is 0 Å². The summed E-state index contributed by atoms with van der Waals surface area (Å²) in [6.45, 7) is 5.76. The van der Waals surface area contributed by atoms with Gasteiger partial charge >= 0.3 is 0 Å². The fourth-order valence-electron chi connectivity index (χ4n) is 2.71. The summed E-state index contributed by atoms with van der Waals surface area (Å²) in [5.41, 5.74) is 2.97. The number of imidazole rings is 1. The third kappa shape index (κ3) is 1.79. The van der Waals surface area contributed by atoms with Crippen molar-refractivity contribution < 1.29 is 8.91 Å². The third-order valence-electron chi connectivity index (χ3n) is 3.60. The first kappa shape index (κ1) is 13.1. The minimum Gasteiger partial charge on any atom is -0.361 e. The van der Waals surface area contributed by atoms with Gasteiger partial charge in [-0.1, -0.05) is 11.2 Å². The molecule has 0 amide bonds. The van der Waals surface area contributed by atoms with Crippen LogP contribution in [-0.4, -0.2) is 14.7 Å². The van der Waals surface area contributed by atoms with Gasteiger partial charge in [-0.05, 0) is 45.1 Å². The lowest BCUT2D eigenvalue weighted by Gasteiger charge is -2.14. The highest BCUT2D eigenvalue weighted by atomic mass is 32.1. The number of para-hydroxylation sites is 1. The Morgan fingerprint density at radius 1 is 1.40 bits per heavy atom. The van der Waals surface area contributed by atoms with Crippen molar-refractivity contribution >= 4 is 23.3 Å². The zero-order valence-electron chi connectivity index (χ0n) is 11.4. The Labute approximate surface area is 120 Å². The van der Waals surface area contributed by atoms with Crippen molar-refractivity contribution in [3.05, 3.63) is 45.8 Å². The Hall–Kier alpha value is -1.95. The number of H-pyrrole nitrogens is 1. The molecule has 20 heavy (non-hydrogen) atoms. The highest BCUT2D eigenvalue weighted by Crippen LogP contribution is 2.29. The number of aryl methyl sites for hydroxylation is 2. The number of fused-ring (bicyclic) bond motifs is 1. The van der Waals surface area contributed by atoms with E-state index in [4.69, 9.17) is 16.7 Å². The Bertz CT molecular complexity index is 826. The number of rotatable bonds is 2. The first-order chi connectivity index (χ1) is 9.50. The van der Waals surface area contributed by atoms with Gasteiger partial charge in [0.15, 0.2) is 4.77 Å². The largest absolute Gasteiger partial charge is 0.361 e. The number of hydrogen-bond donors (Lipinski definition) is 1. The maximum Gasteiger partial charge on any atom is 0.178 e. The van der Waals surface area contributed by atoms with Gasteiger partial charge in [0, 0.05) is 5.56 Å². The molecule has 2 heterocycles. The summed E-state index contributed by atoms with van der Waals surface area (Å²) in [7, 11) is 0.